The molecular formula is C21H19Cl2N3O5S2. The molecule has 2 aliphatic rings. The molecule has 0 unspecified atom stereocenters. The summed E-state index contributed by atoms with van der Waals surface area (Å²) < 4.78 is 54.3. The van der Waals surface area contributed by atoms with Gasteiger partial charge in [-0.05, 0) is 55.7 Å². The van der Waals surface area contributed by atoms with Crippen molar-refractivity contribution in [2.24, 2.45) is 0 Å². The van der Waals surface area contributed by atoms with Crippen LogP contribution in [0.3, 0.4) is 0 Å². The van der Waals surface area contributed by atoms with Crippen LogP contribution in [0.5, 0.6) is 0 Å². The standard InChI is InChI=1S/C21H19Cl2N3O5S2/c22-14-5-7-15(8-6-14)33(30,31)26-12-16(32(28,29)19-4-2-1-3-17(19)23)11-18(26)20(27)25-21(13-24)9-10-21/h1-8,16,18H,9-12H2,(H,25,27)/t16-,18+/m1/s1. The Morgan fingerprint density at radius 2 is 1.70 bits per heavy atom. The van der Waals surface area contributed by atoms with E-state index in [1.807, 2.05) is 6.07 Å². The molecule has 1 saturated heterocycles. The van der Waals surface area contributed by atoms with Crippen LogP contribution in [0.15, 0.2) is 58.3 Å². The van der Waals surface area contributed by atoms with Crippen molar-refractivity contribution in [1.82, 2.24) is 9.62 Å². The van der Waals surface area contributed by atoms with Gasteiger partial charge in [-0.1, -0.05) is 35.3 Å². The highest BCUT2D eigenvalue weighted by Gasteiger charge is 2.52. The van der Waals surface area contributed by atoms with Gasteiger partial charge in [0.2, 0.25) is 15.9 Å². The Labute approximate surface area is 202 Å². The highest BCUT2D eigenvalue weighted by atomic mass is 35.5. The number of nitriles is 1. The topological polar surface area (TPSA) is 124 Å². The third kappa shape index (κ3) is 4.48. The summed E-state index contributed by atoms with van der Waals surface area (Å²) in [6, 6.07) is 12.0. The Hall–Kier alpha value is -2.16. The lowest BCUT2D eigenvalue weighted by Crippen LogP contribution is -2.49. The highest BCUT2D eigenvalue weighted by molar-refractivity contribution is 7.92. The molecule has 1 aliphatic carbocycles. The summed E-state index contributed by atoms with van der Waals surface area (Å²) in [6.07, 6.45) is 0.633. The van der Waals surface area contributed by atoms with Gasteiger partial charge in [0.05, 0.1) is 26.1 Å². The molecule has 1 saturated carbocycles. The van der Waals surface area contributed by atoms with Gasteiger partial charge >= 0.3 is 0 Å². The zero-order valence-corrected chi connectivity index (χ0v) is 20.3. The largest absolute Gasteiger partial charge is 0.336 e. The van der Waals surface area contributed by atoms with Crippen molar-refractivity contribution in [3.05, 3.63) is 58.6 Å². The summed E-state index contributed by atoms with van der Waals surface area (Å²) in [7, 11) is -8.30. The Morgan fingerprint density at radius 3 is 2.27 bits per heavy atom. The van der Waals surface area contributed by atoms with Gasteiger partial charge in [0, 0.05) is 11.6 Å². The predicted molar refractivity (Wildman–Crippen MR) is 122 cm³/mol. The molecule has 1 heterocycles. The Kier molecular flexibility index (Phi) is 6.22. The van der Waals surface area contributed by atoms with Crippen molar-refractivity contribution in [2.75, 3.05) is 6.54 Å². The third-order valence-electron chi connectivity index (χ3n) is 5.85. The van der Waals surface area contributed by atoms with E-state index in [4.69, 9.17) is 23.2 Å². The van der Waals surface area contributed by atoms with Crippen LogP contribution < -0.4 is 5.32 Å². The molecule has 33 heavy (non-hydrogen) atoms. The summed E-state index contributed by atoms with van der Waals surface area (Å²) in [4.78, 5) is 12.8. The number of sulfone groups is 1. The van der Waals surface area contributed by atoms with E-state index >= 15 is 0 Å². The van der Waals surface area contributed by atoms with E-state index in [-0.39, 0.29) is 21.2 Å². The molecule has 174 valence electrons. The smallest absolute Gasteiger partial charge is 0.243 e. The number of halogens is 2. The highest BCUT2D eigenvalue weighted by Crippen LogP contribution is 2.38. The quantitative estimate of drug-likeness (QED) is 0.615. The number of nitrogens with one attached hydrogen (secondary N) is 1. The van der Waals surface area contributed by atoms with E-state index in [1.54, 1.807) is 6.07 Å². The molecule has 1 N–H and O–H groups in total. The molecule has 0 aromatic heterocycles. The number of hydrogen-bond acceptors (Lipinski definition) is 6. The molecule has 8 nitrogen and oxygen atoms in total. The van der Waals surface area contributed by atoms with Gasteiger partial charge in [-0.3, -0.25) is 4.79 Å². The molecule has 2 atom stereocenters. The summed E-state index contributed by atoms with van der Waals surface area (Å²) in [5, 5.41) is 11.1. The summed E-state index contributed by atoms with van der Waals surface area (Å²) in [5.74, 6) is -0.705. The van der Waals surface area contributed by atoms with Crippen molar-refractivity contribution >= 4 is 49.0 Å². The van der Waals surface area contributed by atoms with Gasteiger partial charge < -0.3 is 5.32 Å². The molecule has 1 aliphatic heterocycles. The van der Waals surface area contributed by atoms with Crippen LogP contribution in [-0.4, -0.2) is 50.4 Å². The Balaban J connectivity index is 1.72. The molecule has 12 heteroatoms. The van der Waals surface area contributed by atoms with E-state index in [9.17, 15) is 26.9 Å². The molecule has 2 aromatic carbocycles. The van der Waals surface area contributed by atoms with Crippen molar-refractivity contribution in [3.63, 3.8) is 0 Å². The summed E-state index contributed by atoms with van der Waals surface area (Å²) >= 11 is 12.0. The number of carbonyl (C=O) groups excluding carboxylic acids is 1. The summed E-state index contributed by atoms with van der Waals surface area (Å²) in [6.45, 7) is -0.434. The second kappa shape index (κ2) is 8.56. The fraction of sp³-hybridized carbons (Fsp3) is 0.333. The number of carbonyl (C=O) groups is 1. The molecule has 0 bridgehead atoms. The average Bonchev–Trinajstić information content (AvgIpc) is 3.38. The first kappa shape index (κ1) is 24.0. The van der Waals surface area contributed by atoms with Crippen LogP contribution in [-0.2, 0) is 24.7 Å². The molecule has 2 fully saturated rings. The van der Waals surface area contributed by atoms with E-state index in [0.29, 0.717) is 17.9 Å². The lowest BCUT2D eigenvalue weighted by atomic mass is 10.2. The predicted octanol–water partition coefficient (Wildman–Crippen LogP) is 2.77. The minimum absolute atomic E-state index is 0.0129. The van der Waals surface area contributed by atoms with Crippen molar-refractivity contribution in [1.29, 1.82) is 5.26 Å². The van der Waals surface area contributed by atoms with Crippen LogP contribution in [0.2, 0.25) is 10.0 Å². The first-order valence-corrected chi connectivity index (χ1v) is 13.7. The van der Waals surface area contributed by atoms with Crippen molar-refractivity contribution < 1.29 is 21.6 Å². The van der Waals surface area contributed by atoms with Gasteiger partial charge in [-0.25, -0.2) is 16.8 Å². The Bertz CT molecular complexity index is 1350. The van der Waals surface area contributed by atoms with E-state index in [0.717, 1.165) is 4.31 Å². The molecule has 4 rings (SSSR count). The first-order valence-electron chi connectivity index (χ1n) is 9.99. The van der Waals surface area contributed by atoms with Gasteiger partial charge in [-0.15, -0.1) is 0 Å². The fourth-order valence-corrected chi connectivity index (χ4v) is 7.89. The number of sulfonamides is 1. The molecule has 0 spiro atoms. The maximum Gasteiger partial charge on any atom is 0.243 e. The zero-order chi connectivity index (χ0) is 24.0. The number of hydrogen-bond donors (Lipinski definition) is 1. The van der Waals surface area contributed by atoms with Gasteiger partial charge in [-0.2, -0.15) is 9.57 Å². The molecule has 0 radical (unpaired) electrons. The maximum atomic E-state index is 13.4. The van der Waals surface area contributed by atoms with Gasteiger partial charge in [0.25, 0.3) is 0 Å². The second-order valence-electron chi connectivity index (χ2n) is 8.06. The Morgan fingerprint density at radius 1 is 1.06 bits per heavy atom. The lowest BCUT2D eigenvalue weighted by molar-refractivity contribution is -0.124. The number of nitrogens with zero attached hydrogens (tertiary/aromatic N) is 2. The van der Waals surface area contributed by atoms with Crippen LogP contribution in [0.4, 0.5) is 0 Å². The van der Waals surface area contributed by atoms with Crippen molar-refractivity contribution in [3.8, 4) is 6.07 Å². The van der Waals surface area contributed by atoms with E-state index < -0.39 is 49.1 Å². The third-order valence-corrected chi connectivity index (χ3v) is 10.6. The minimum atomic E-state index is -4.24. The van der Waals surface area contributed by atoms with Gasteiger partial charge in [0.1, 0.15) is 11.6 Å². The monoisotopic (exact) mass is 527 g/mol. The molecule has 2 aromatic rings. The SMILES string of the molecule is N#CC1(NC(=O)[C@@H]2C[C@@H](S(=O)(=O)c3ccccc3Cl)CN2S(=O)(=O)c2ccc(Cl)cc2)CC1. The number of benzene rings is 2. The van der Waals surface area contributed by atoms with E-state index in [1.165, 1.54) is 42.5 Å². The van der Waals surface area contributed by atoms with Crippen LogP contribution in [0.1, 0.15) is 19.3 Å². The summed E-state index contributed by atoms with van der Waals surface area (Å²) in [5.41, 5.74) is -1.04. The number of amides is 1. The van der Waals surface area contributed by atoms with Crippen LogP contribution in [0.25, 0.3) is 0 Å². The minimum Gasteiger partial charge on any atom is -0.336 e. The van der Waals surface area contributed by atoms with Crippen LogP contribution in [0, 0.1) is 11.3 Å². The first-order chi connectivity index (χ1) is 15.5. The van der Waals surface area contributed by atoms with E-state index in [2.05, 4.69) is 5.32 Å². The molecule has 1 amide bonds. The maximum absolute atomic E-state index is 13.4. The number of rotatable bonds is 6. The lowest BCUT2D eigenvalue weighted by Gasteiger charge is -2.24. The van der Waals surface area contributed by atoms with Crippen LogP contribution >= 0.6 is 23.2 Å². The second-order valence-corrected chi connectivity index (χ2v) is 13.0. The van der Waals surface area contributed by atoms with Crippen molar-refractivity contribution in [2.45, 2.75) is 45.9 Å². The zero-order valence-electron chi connectivity index (χ0n) is 17.1. The molecular weight excluding hydrogens is 509 g/mol. The average molecular weight is 528 g/mol. The van der Waals surface area contributed by atoms with Gasteiger partial charge in [0.15, 0.2) is 9.84 Å². The fourth-order valence-electron chi connectivity index (χ4n) is 3.80. The normalized spacial score (nSPS) is 22.5.